The van der Waals surface area contributed by atoms with Crippen LogP contribution in [0.3, 0.4) is 0 Å². The second-order valence-corrected chi connectivity index (χ2v) is 5.35. The average Bonchev–Trinajstić information content (AvgIpc) is 2.88. The van der Waals surface area contributed by atoms with Gasteiger partial charge in [-0.3, -0.25) is 0 Å². The van der Waals surface area contributed by atoms with Gasteiger partial charge in [0, 0.05) is 31.4 Å². The predicted molar refractivity (Wildman–Crippen MR) is 76.0 cm³/mol. The molecule has 0 saturated carbocycles. The van der Waals surface area contributed by atoms with Crippen LogP contribution in [-0.2, 0) is 0 Å². The van der Waals surface area contributed by atoms with E-state index in [0.717, 1.165) is 18.8 Å². The Kier molecular flexibility index (Phi) is 4.77. The van der Waals surface area contributed by atoms with Crippen molar-refractivity contribution in [2.45, 2.75) is 25.9 Å². The van der Waals surface area contributed by atoms with E-state index in [0.29, 0.717) is 5.56 Å². The predicted octanol–water partition coefficient (Wildman–Crippen LogP) is 2.41. The molecule has 1 aromatic carbocycles. The number of anilines is 1. The number of likely N-dealkylation sites (tertiary alicyclic amines) is 1. The van der Waals surface area contributed by atoms with Crippen LogP contribution in [0, 0.1) is 5.82 Å². The van der Waals surface area contributed by atoms with Crippen molar-refractivity contribution in [3.05, 3.63) is 29.6 Å². The van der Waals surface area contributed by atoms with Crippen LogP contribution in [0.4, 0.5) is 10.1 Å². The van der Waals surface area contributed by atoms with E-state index < -0.39 is 6.10 Å². The molecule has 0 aliphatic carbocycles. The van der Waals surface area contributed by atoms with Crippen molar-refractivity contribution < 1.29 is 9.50 Å². The zero-order valence-electron chi connectivity index (χ0n) is 11.8. The molecular formula is C15H23FN2O. The molecule has 1 atom stereocenters. The number of hydrogen-bond donors (Lipinski definition) is 1. The largest absolute Gasteiger partial charge is 0.389 e. The van der Waals surface area contributed by atoms with Gasteiger partial charge < -0.3 is 14.9 Å². The first-order valence-corrected chi connectivity index (χ1v) is 6.99. The van der Waals surface area contributed by atoms with Crippen molar-refractivity contribution in [2.24, 2.45) is 0 Å². The first-order chi connectivity index (χ1) is 9.08. The molecule has 19 heavy (non-hydrogen) atoms. The summed E-state index contributed by atoms with van der Waals surface area (Å²) in [6.45, 7) is 5.95. The summed E-state index contributed by atoms with van der Waals surface area (Å²) in [5.41, 5.74) is 1.57. The topological polar surface area (TPSA) is 26.7 Å². The minimum absolute atomic E-state index is 0.299. The molecule has 0 spiro atoms. The summed E-state index contributed by atoms with van der Waals surface area (Å²) < 4.78 is 13.3. The number of benzene rings is 1. The van der Waals surface area contributed by atoms with E-state index in [1.54, 1.807) is 13.0 Å². The van der Waals surface area contributed by atoms with E-state index in [-0.39, 0.29) is 5.82 Å². The van der Waals surface area contributed by atoms with Crippen LogP contribution >= 0.6 is 0 Å². The van der Waals surface area contributed by atoms with Crippen LogP contribution in [0.1, 0.15) is 31.4 Å². The zero-order chi connectivity index (χ0) is 13.8. The van der Waals surface area contributed by atoms with Gasteiger partial charge in [0.1, 0.15) is 5.82 Å². The monoisotopic (exact) mass is 266 g/mol. The molecule has 0 radical (unpaired) electrons. The fourth-order valence-electron chi connectivity index (χ4n) is 2.63. The van der Waals surface area contributed by atoms with Gasteiger partial charge in [-0.1, -0.05) is 0 Å². The lowest BCUT2D eigenvalue weighted by atomic mass is 10.1. The number of rotatable bonds is 5. The van der Waals surface area contributed by atoms with E-state index in [1.165, 1.54) is 38.1 Å². The van der Waals surface area contributed by atoms with E-state index in [4.69, 9.17) is 0 Å². The molecule has 1 saturated heterocycles. The van der Waals surface area contributed by atoms with Crippen LogP contribution in [0.15, 0.2) is 18.2 Å². The molecule has 2 rings (SSSR count). The van der Waals surface area contributed by atoms with Crippen LogP contribution < -0.4 is 4.90 Å². The normalized spacial score (nSPS) is 17.7. The molecular weight excluding hydrogens is 243 g/mol. The summed E-state index contributed by atoms with van der Waals surface area (Å²) in [6.07, 6.45) is 1.93. The van der Waals surface area contributed by atoms with Gasteiger partial charge in [-0.15, -0.1) is 0 Å². The van der Waals surface area contributed by atoms with Gasteiger partial charge in [-0.05, 0) is 51.1 Å². The second-order valence-electron chi connectivity index (χ2n) is 5.35. The molecule has 4 heteroatoms. The van der Waals surface area contributed by atoms with Gasteiger partial charge in [0.25, 0.3) is 0 Å². The van der Waals surface area contributed by atoms with E-state index >= 15 is 0 Å². The maximum absolute atomic E-state index is 13.3. The van der Waals surface area contributed by atoms with Gasteiger partial charge in [0.15, 0.2) is 0 Å². The number of aliphatic hydroxyl groups excluding tert-OH is 1. The Morgan fingerprint density at radius 1 is 1.37 bits per heavy atom. The lowest BCUT2D eigenvalue weighted by Crippen LogP contribution is -2.32. The van der Waals surface area contributed by atoms with Crippen molar-refractivity contribution in [3.8, 4) is 0 Å². The molecule has 1 aliphatic rings. The van der Waals surface area contributed by atoms with Crippen LogP contribution in [-0.4, -0.2) is 43.2 Å². The third kappa shape index (κ3) is 3.67. The van der Waals surface area contributed by atoms with Crippen molar-refractivity contribution in [3.63, 3.8) is 0 Å². The molecule has 0 amide bonds. The molecule has 0 unspecified atom stereocenters. The maximum atomic E-state index is 13.3. The van der Waals surface area contributed by atoms with E-state index in [1.807, 2.05) is 7.05 Å². The molecule has 3 nitrogen and oxygen atoms in total. The minimum Gasteiger partial charge on any atom is -0.389 e. The molecule has 1 fully saturated rings. The second kappa shape index (κ2) is 6.35. The number of aliphatic hydroxyl groups is 1. The van der Waals surface area contributed by atoms with Gasteiger partial charge >= 0.3 is 0 Å². The SMILES string of the molecule is C[C@H](O)c1cc(F)ccc1N(C)CCN1CCCC1. The summed E-state index contributed by atoms with van der Waals surface area (Å²) in [4.78, 5) is 4.54. The Balaban J connectivity index is 2.02. The van der Waals surface area contributed by atoms with Crippen LogP contribution in [0.25, 0.3) is 0 Å². The Morgan fingerprint density at radius 3 is 2.68 bits per heavy atom. The number of likely N-dealkylation sites (N-methyl/N-ethyl adjacent to an activating group) is 1. The third-order valence-corrected chi connectivity index (χ3v) is 3.80. The summed E-state index contributed by atoms with van der Waals surface area (Å²) in [7, 11) is 2.00. The smallest absolute Gasteiger partial charge is 0.123 e. The zero-order valence-corrected chi connectivity index (χ0v) is 11.8. The van der Waals surface area contributed by atoms with Crippen molar-refractivity contribution in [1.82, 2.24) is 4.90 Å². The van der Waals surface area contributed by atoms with Crippen molar-refractivity contribution in [1.29, 1.82) is 0 Å². The molecule has 1 N–H and O–H groups in total. The van der Waals surface area contributed by atoms with Gasteiger partial charge in [-0.2, -0.15) is 0 Å². The van der Waals surface area contributed by atoms with Crippen LogP contribution in [0.2, 0.25) is 0 Å². The lowest BCUT2D eigenvalue weighted by molar-refractivity contribution is 0.199. The van der Waals surface area contributed by atoms with Crippen LogP contribution in [0.5, 0.6) is 0 Å². The number of hydrogen-bond acceptors (Lipinski definition) is 3. The summed E-state index contributed by atoms with van der Waals surface area (Å²) in [5, 5.41) is 9.75. The van der Waals surface area contributed by atoms with Crippen molar-refractivity contribution >= 4 is 5.69 Å². The fraction of sp³-hybridized carbons (Fsp3) is 0.600. The Morgan fingerprint density at radius 2 is 2.05 bits per heavy atom. The fourth-order valence-corrected chi connectivity index (χ4v) is 2.63. The number of nitrogens with zero attached hydrogens (tertiary/aromatic N) is 2. The Labute approximate surface area is 114 Å². The maximum Gasteiger partial charge on any atom is 0.123 e. The molecule has 1 aromatic rings. The summed E-state index contributed by atoms with van der Waals surface area (Å²) in [5.74, 6) is -0.299. The lowest BCUT2D eigenvalue weighted by Gasteiger charge is -2.26. The summed E-state index contributed by atoms with van der Waals surface area (Å²) >= 11 is 0. The highest BCUT2D eigenvalue weighted by molar-refractivity contribution is 5.54. The molecule has 106 valence electrons. The number of halogens is 1. The van der Waals surface area contributed by atoms with Gasteiger partial charge in [-0.25, -0.2) is 4.39 Å². The summed E-state index contributed by atoms with van der Waals surface area (Å²) in [6, 6.07) is 4.63. The Bertz CT molecular complexity index is 417. The van der Waals surface area contributed by atoms with E-state index in [2.05, 4.69) is 9.80 Å². The van der Waals surface area contributed by atoms with E-state index in [9.17, 15) is 9.50 Å². The first kappa shape index (κ1) is 14.3. The highest BCUT2D eigenvalue weighted by Gasteiger charge is 2.15. The highest BCUT2D eigenvalue weighted by atomic mass is 19.1. The quantitative estimate of drug-likeness (QED) is 0.886. The third-order valence-electron chi connectivity index (χ3n) is 3.80. The first-order valence-electron chi connectivity index (χ1n) is 6.99. The average molecular weight is 266 g/mol. The van der Waals surface area contributed by atoms with Gasteiger partial charge in [0.2, 0.25) is 0 Å². The molecule has 1 heterocycles. The molecule has 1 aliphatic heterocycles. The standard InChI is InChI=1S/C15H23FN2O/c1-12(19)14-11-13(16)5-6-15(14)17(2)9-10-18-7-3-4-8-18/h5-6,11-12,19H,3-4,7-10H2,1-2H3/t12-/m0/s1. The van der Waals surface area contributed by atoms with Gasteiger partial charge in [0.05, 0.1) is 6.10 Å². The molecule has 0 aromatic heterocycles. The Hall–Kier alpha value is -1.13. The minimum atomic E-state index is -0.653. The van der Waals surface area contributed by atoms with Crippen molar-refractivity contribution in [2.75, 3.05) is 38.1 Å². The molecule has 0 bridgehead atoms. The highest BCUT2D eigenvalue weighted by Crippen LogP contribution is 2.26.